The predicted molar refractivity (Wildman–Crippen MR) is 90.1 cm³/mol. The Balaban J connectivity index is 1.76. The van der Waals surface area contributed by atoms with Gasteiger partial charge in [0.1, 0.15) is 12.3 Å². The molecule has 146 valence electrons. The highest BCUT2D eigenvalue weighted by Crippen LogP contribution is 2.56. The summed E-state index contributed by atoms with van der Waals surface area (Å²) in [6.45, 7) is 5.54. The minimum atomic E-state index is -3.58. The standard InChI is InChI=1S/C15H23N2O8P/c1-4-22-26(20,23-5-2)15-21-8-11-10(25-15)6-12(24-11)17-7-9(3)13(18)16-14(17)19/h7,10-12,15H,4-6,8H2,1-3H3,(H,16,18,19)/t10-,11+,12+,15?/m0/s1. The first-order chi connectivity index (χ1) is 12.4. The van der Waals surface area contributed by atoms with Gasteiger partial charge < -0.3 is 23.3 Å². The Kier molecular flexibility index (Phi) is 5.81. The lowest BCUT2D eigenvalue weighted by Gasteiger charge is -2.34. The average Bonchev–Trinajstić information content (AvgIpc) is 3.01. The number of rotatable bonds is 6. The Morgan fingerprint density at radius 3 is 2.58 bits per heavy atom. The number of fused-ring (bicyclic) bond motifs is 1. The fourth-order valence-corrected chi connectivity index (χ4v) is 4.63. The van der Waals surface area contributed by atoms with E-state index in [-0.39, 0.29) is 19.8 Å². The Morgan fingerprint density at radius 1 is 1.23 bits per heavy atom. The van der Waals surface area contributed by atoms with Gasteiger partial charge in [0.25, 0.3) is 11.6 Å². The van der Waals surface area contributed by atoms with Crippen molar-refractivity contribution in [3.63, 3.8) is 0 Å². The van der Waals surface area contributed by atoms with Gasteiger partial charge in [0.05, 0.1) is 25.9 Å². The first kappa shape index (κ1) is 19.5. The van der Waals surface area contributed by atoms with Crippen molar-refractivity contribution in [3.05, 3.63) is 32.6 Å². The SMILES string of the molecule is CCOP(=O)(OCC)C1OC[C@H]2O[C@@H](n3cc(C)c(=O)[nH]c3=O)C[C@@H]2O1. The highest BCUT2D eigenvalue weighted by atomic mass is 31.2. The van der Waals surface area contributed by atoms with Crippen LogP contribution in [0.25, 0.3) is 0 Å². The van der Waals surface area contributed by atoms with Crippen LogP contribution in [0.4, 0.5) is 0 Å². The first-order valence-electron chi connectivity index (χ1n) is 8.51. The second kappa shape index (κ2) is 7.75. The molecule has 1 aromatic rings. The highest BCUT2D eigenvalue weighted by Gasteiger charge is 2.49. The van der Waals surface area contributed by atoms with Crippen LogP contribution in [0.1, 0.15) is 32.1 Å². The third-order valence-corrected chi connectivity index (χ3v) is 6.23. The molecule has 0 amide bonds. The number of hydrogen-bond acceptors (Lipinski definition) is 8. The van der Waals surface area contributed by atoms with Crippen LogP contribution in [0.5, 0.6) is 0 Å². The molecule has 2 aliphatic heterocycles. The number of aryl methyl sites for hydroxylation is 1. The molecule has 0 radical (unpaired) electrons. The van der Waals surface area contributed by atoms with Crippen molar-refractivity contribution >= 4 is 7.60 Å². The molecule has 2 saturated heterocycles. The molecule has 0 saturated carbocycles. The van der Waals surface area contributed by atoms with E-state index in [0.717, 1.165) is 0 Å². The zero-order chi connectivity index (χ0) is 18.9. The van der Waals surface area contributed by atoms with Gasteiger partial charge in [-0.3, -0.25) is 18.9 Å². The zero-order valence-electron chi connectivity index (χ0n) is 14.9. The lowest BCUT2D eigenvalue weighted by molar-refractivity contribution is -0.213. The lowest BCUT2D eigenvalue weighted by Crippen LogP contribution is -2.41. The molecule has 1 aromatic heterocycles. The number of nitrogens with zero attached hydrogens (tertiary/aromatic N) is 1. The summed E-state index contributed by atoms with van der Waals surface area (Å²) in [5.74, 6) is 0. The molecule has 4 atom stereocenters. The summed E-state index contributed by atoms with van der Waals surface area (Å²) >= 11 is 0. The Hall–Kier alpha value is -1.29. The fraction of sp³-hybridized carbons (Fsp3) is 0.733. The van der Waals surface area contributed by atoms with Crippen LogP contribution in [0.3, 0.4) is 0 Å². The van der Waals surface area contributed by atoms with Crippen LogP contribution in [-0.2, 0) is 27.8 Å². The van der Waals surface area contributed by atoms with E-state index in [4.69, 9.17) is 23.3 Å². The van der Waals surface area contributed by atoms with Crippen molar-refractivity contribution < 1.29 is 27.8 Å². The van der Waals surface area contributed by atoms with Crippen LogP contribution >= 0.6 is 7.60 Å². The number of ether oxygens (including phenoxy) is 3. The summed E-state index contributed by atoms with van der Waals surface area (Å²) < 4.78 is 41.8. The van der Waals surface area contributed by atoms with E-state index in [2.05, 4.69) is 4.98 Å². The molecule has 0 bridgehead atoms. The summed E-state index contributed by atoms with van der Waals surface area (Å²) in [5, 5.41) is 0. The molecular formula is C15H23N2O8P. The molecule has 26 heavy (non-hydrogen) atoms. The molecule has 0 aromatic carbocycles. The van der Waals surface area contributed by atoms with E-state index in [1.165, 1.54) is 10.8 Å². The highest BCUT2D eigenvalue weighted by molar-refractivity contribution is 7.54. The van der Waals surface area contributed by atoms with Crippen LogP contribution in [0.2, 0.25) is 0 Å². The molecular weight excluding hydrogens is 367 g/mol. The number of H-pyrrole nitrogens is 1. The van der Waals surface area contributed by atoms with Crippen molar-refractivity contribution in [2.75, 3.05) is 19.8 Å². The summed E-state index contributed by atoms with van der Waals surface area (Å²) in [6, 6.07) is -1.14. The summed E-state index contributed by atoms with van der Waals surface area (Å²) in [6.07, 6.45) is 0.314. The maximum Gasteiger partial charge on any atom is 0.386 e. The molecule has 11 heteroatoms. The maximum atomic E-state index is 12.8. The summed E-state index contributed by atoms with van der Waals surface area (Å²) in [7, 11) is -3.58. The molecule has 1 N–H and O–H groups in total. The number of aromatic nitrogens is 2. The molecule has 2 fully saturated rings. The largest absolute Gasteiger partial charge is 0.386 e. The minimum absolute atomic E-state index is 0.132. The van der Waals surface area contributed by atoms with E-state index >= 15 is 0 Å². The van der Waals surface area contributed by atoms with Gasteiger partial charge in [-0.05, 0) is 20.8 Å². The van der Waals surface area contributed by atoms with Crippen LogP contribution < -0.4 is 11.2 Å². The zero-order valence-corrected chi connectivity index (χ0v) is 15.8. The smallest absolute Gasteiger partial charge is 0.349 e. The van der Waals surface area contributed by atoms with E-state index in [1.54, 1.807) is 20.8 Å². The van der Waals surface area contributed by atoms with Gasteiger partial charge in [0.2, 0.25) is 0 Å². The predicted octanol–water partition coefficient (Wildman–Crippen LogP) is 1.10. The summed E-state index contributed by atoms with van der Waals surface area (Å²) in [5.41, 5.74) is -0.595. The van der Waals surface area contributed by atoms with Gasteiger partial charge in [-0.1, -0.05) is 0 Å². The molecule has 0 spiro atoms. The van der Waals surface area contributed by atoms with Gasteiger partial charge in [-0.15, -0.1) is 0 Å². The number of nitrogens with one attached hydrogen (secondary N) is 1. The summed E-state index contributed by atoms with van der Waals surface area (Å²) in [4.78, 5) is 25.8. The van der Waals surface area contributed by atoms with Gasteiger partial charge in [0.15, 0.2) is 0 Å². The Bertz CT molecular complexity index is 796. The molecule has 2 aliphatic rings. The fourth-order valence-electron chi connectivity index (χ4n) is 3.02. The normalized spacial score (nSPS) is 28.9. The average molecular weight is 390 g/mol. The van der Waals surface area contributed by atoms with Crippen molar-refractivity contribution in [3.8, 4) is 0 Å². The molecule has 0 aliphatic carbocycles. The van der Waals surface area contributed by atoms with Gasteiger partial charge in [-0.2, -0.15) is 0 Å². The van der Waals surface area contributed by atoms with Gasteiger partial charge in [-0.25, -0.2) is 4.79 Å². The van der Waals surface area contributed by atoms with E-state index in [0.29, 0.717) is 12.0 Å². The topological polar surface area (TPSA) is 118 Å². The van der Waals surface area contributed by atoms with Crippen molar-refractivity contribution in [1.82, 2.24) is 9.55 Å². The molecule has 1 unspecified atom stereocenters. The Labute approximate surface area is 149 Å². The maximum absolute atomic E-state index is 12.8. The number of aromatic amines is 1. The van der Waals surface area contributed by atoms with Crippen molar-refractivity contribution in [2.24, 2.45) is 0 Å². The quantitative estimate of drug-likeness (QED) is 0.718. The van der Waals surface area contributed by atoms with Gasteiger partial charge >= 0.3 is 13.3 Å². The monoisotopic (exact) mass is 390 g/mol. The van der Waals surface area contributed by atoms with E-state index in [9.17, 15) is 14.2 Å². The second-order valence-corrected chi connectivity index (χ2v) is 8.05. The lowest BCUT2D eigenvalue weighted by atomic mass is 10.2. The Morgan fingerprint density at radius 2 is 1.92 bits per heavy atom. The van der Waals surface area contributed by atoms with Crippen molar-refractivity contribution in [1.29, 1.82) is 0 Å². The van der Waals surface area contributed by atoms with Crippen LogP contribution in [-0.4, -0.2) is 47.6 Å². The van der Waals surface area contributed by atoms with Crippen LogP contribution in [0.15, 0.2) is 15.8 Å². The van der Waals surface area contributed by atoms with Gasteiger partial charge in [0, 0.05) is 18.2 Å². The third kappa shape index (κ3) is 3.71. The molecule has 3 rings (SSSR count). The van der Waals surface area contributed by atoms with E-state index in [1.807, 2.05) is 0 Å². The van der Waals surface area contributed by atoms with Crippen molar-refractivity contribution in [2.45, 2.75) is 51.7 Å². The third-order valence-electron chi connectivity index (χ3n) is 4.21. The minimum Gasteiger partial charge on any atom is -0.349 e. The second-order valence-electron chi connectivity index (χ2n) is 6.03. The first-order valence-corrected chi connectivity index (χ1v) is 10.1. The van der Waals surface area contributed by atoms with E-state index < -0.39 is 43.3 Å². The van der Waals surface area contributed by atoms with Crippen LogP contribution in [0, 0.1) is 6.92 Å². The number of hydrogen-bond donors (Lipinski definition) is 1. The molecule has 10 nitrogen and oxygen atoms in total. The molecule has 3 heterocycles.